The van der Waals surface area contributed by atoms with Crippen LogP contribution in [0.15, 0.2) is 60.7 Å². The van der Waals surface area contributed by atoms with Gasteiger partial charge in [-0.25, -0.2) is 0 Å². The van der Waals surface area contributed by atoms with Crippen LogP contribution in [-0.2, 0) is 4.74 Å². The van der Waals surface area contributed by atoms with Crippen LogP contribution in [0, 0.1) is 28.6 Å². The molecule has 0 spiro atoms. The van der Waals surface area contributed by atoms with Gasteiger partial charge in [-0.3, -0.25) is 4.90 Å². The lowest BCUT2D eigenvalue weighted by atomic mass is 9.57. The lowest BCUT2D eigenvalue weighted by Gasteiger charge is -2.51. The summed E-state index contributed by atoms with van der Waals surface area (Å²) in [6.45, 7) is 15.1. The summed E-state index contributed by atoms with van der Waals surface area (Å²) in [5.41, 5.74) is 6.73. The zero-order valence-electron chi connectivity index (χ0n) is 22.6. The molecule has 2 aliphatic carbocycles. The summed E-state index contributed by atoms with van der Waals surface area (Å²) in [6.07, 6.45) is 5.49. The van der Waals surface area contributed by atoms with Crippen molar-refractivity contribution in [3.8, 4) is 0 Å². The van der Waals surface area contributed by atoms with E-state index in [9.17, 15) is 0 Å². The molecule has 0 amide bonds. The summed E-state index contributed by atoms with van der Waals surface area (Å²) in [4.78, 5) is 5.38. The van der Waals surface area contributed by atoms with Gasteiger partial charge in [-0.15, -0.1) is 0 Å². The highest BCUT2D eigenvalue weighted by molar-refractivity contribution is 5.91. The summed E-state index contributed by atoms with van der Waals surface area (Å²) in [7, 11) is 0. The molecule has 2 unspecified atom stereocenters. The average molecular weight is 485 g/mol. The van der Waals surface area contributed by atoms with Crippen molar-refractivity contribution in [3.63, 3.8) is 0 Å². The van der Waals surface area contributed by atoms with Crippen LogP contribution in [0.5, 0.6) is 0 Å². The predicted octanol–water partition coefficient (Wildman–Crippen LogP) is 6.67. The van der Waals surface area contributed by atoms with Crippen LogP contribution in [0.3, 0.4) is 0 Å². The van der Waals surface area contributed by atoms with Gasteiger partial charge < -0.3 is 9.64 Å². The molecule has 0 aromatic heterocycles. The summed E-state index contributed by atoms with van der Waals surface area (Å²) in [6, 6.07) is 22.5. The zero-order valence-corrected chi connectivity index (χ0v) is 22.6. The summed E-state index contributed by atoms with van der Waals surface area (Å²) >= 11 is 0. The number of hydrogen-bond donors (Lipinski definition) is 0. The standard InChI is InChI=1S/C33H44N2O/c1-32(2)28-14-15-33(3,23-28)31(32)27-22-29(25-10-6-4-7-11-25)30(26-12-8-5-9-13-26)35(24-27)17-16-34-18-20-36-21-19-34/h4-13,27-28,31H,14-24H2,1-3H3/t27?,28?,31-,33+/m1/s1. The molecule has 3 fully saturated rings. The van der Waals surface area contributed by atoms with Gasteiger partial charge in [0.1, 0.15) is 0 Å². The highest BCUT2D eigenvalue weighted by Gasteiger charge is 2.61. The molecule has 3 heteroatoms. The molecule has 4 aliphatic rings. The highest BCUT2D eigenvalue weighted by Crippen LogP contribution is 2.69. The molecule has 192 valence electrons. The van der Waals surface area contributed by atoms with Gasteiger partial charge in [0, 0.05) is 38.4 Å². The van der Waals surface area contributed by atoms with Gasteiger partial charge in [-0.2, -0.15) is 0 Å². The molecule has 2 aromatic rings. The maximum Gasteiger partial charge on any atom is 0.0594 e. The predicted molar refractivity (Wildman–Crippen MR) is 149 cm³/mol. The second-order valence-corrected chi connectivity index (χ2v) is 12.8. The molecule has 1 saturated heterocycles. The number of ether oxygens (including phenoxy) is 1. The monoisotopic (exact) mass is 484 g/mol. The Morgan fingerprint density at radius 1 is 0.861 bits per heavy atom. The summed E-state index contributed by atoms with van der Waals surface area (Å²) < 4.78 is 5.64. The molecule has 36 heavy (non-hydrogen) atoms. The number of nitrogens with zero attached hydrogens (tertiary/aromatic N) is 2. The quantitative estimate of drug-likeness (QED) is 0.455. The fraction of sp³-hybridized carbons (Fsp3) is 0.576. The smallest absolute Gasteiger partial charge is 0.0594 e. The normalized spacial score (nSPS) is 32.3. The number of fused-ring (bicyclic) bond motifs is 2. The Labute approximate surface area is 218 Å². The van der Waals surface area contributed by atoms with E-state index in [2.05, 4.69) is 91.2 Å². The Balaban J connectivity index is 1.41. The topological polar surface area (TPSA) is 15.7 Å². The van der Waals surface area contributed by atoms with Crippen molar-refractivity contribution >= 4 is 11.3 Å². The molecule has 6 rings (SSSR count). The van der Waals surface area contributed by atoms with Crippen molar-refractivity contribution in [1.29, 1.82) is 0 Å². The minimum atomic E-state index is 0.430. The van der Waals surface area contributed by atoms with Crippen LogP contribution < -0.4 is 0 Å². The van der Waals surface area contributed by atoms with Crippen LogP contribution in [0.2, 0.25) is 0 Å². The van der Waals surface area contributed by atoms with Crippen molar-refractivity contribution in [1.82, 2.24) is 9.80 Å². The molecule has 4 atom stereocenters. The van der Waals surface area contributed by atoms with E-state index in [1.54, 1.807) is 5.57 Å². The fourth-order valence-corrected chi connectivity index (χ4v) is 8.87. The van der Waals surface area contributed by atoms with Gasteiger partial charge in [-0.1, -0.05) is 81.4 Å². The van der Waals surface area contributed by atoms with Gasteiger partial charge in [0.15, 0.2) is 0 Å². The molecular formula is C33H44N2O. The molecule has 0 radical (unpaired) electrons. The number of allylic oxidation sites excluding steroid dienone is 1. The lowest BCUT2D eigenvalue weighted by molar-refractivity contribution is 0.0103. The largest absolute Gasteiger partial charge is 0.379 e. The summed E-state index contributed by atoms with van der Waals surface area (Å²) in [5.74, 6) is 2.38. The van der Waals surface area contributed by atoms with Gasteiger partial charge >= 0.3 is 0 Å². The van der Waals surface area contributed by atoms with E-state index in [1.165, 1.54) is 49.1 Å². The fourth-order valence-electron chi connectivity index (χ4n) is 8.87. The third kappa shape index (κ3) is 4.33. The van der Waals surface area contributed by atoms with Crippen molar-refractivity contribution in [2.75, 3.05) is 45.9 Å². The second kappa shape index (κ2) is 9.65. The molecule has 2 bridgehead atoms. The highest BCUT2D eigenvalue weighted by atomic mass is 16.5. The van der Waals surface area contributed by atoms with E-state index < -0.39 is 0 Å². The third-order valence-electron chi connectivity index (χ3n) is 10.3. The number of rotatable bonds is 6. The van der Waals surface area contributed by atoms with Crippen LogP contribution in [0.4, 0.5) is 0 Å². The van der Waals surface area contributed by atoms with Gasteiger partial charge in [-0.05, 0) is 71.0 Å². The Morgan fingerprint density at radius 3 is 2.17 bits per heavy atom. The lowest BCUT2D eigenvalue weighted by Crippen LogP contribution is -2.48. The summed E-state index contributed by atoms with van der Waals surface area (Å²) in [5, 5.41) is 0. The van der Waals surface area contributed by atoms with Crippen LogP contribution in [0.25, 0.3) is 11.3 Å². The van der Waals surface area contributed by atoms with E-state index >= 15 is 0 Å². The number of morpholine rings is 1. The van der Waals surface area contributed by atoms with Crippen LogP contribution in [-0.4, -0.2) is 55.7 Å². The van der Waals surface area contributed by atoms with Crippen molar-refractivity contribution in [2.24, 2.45) is 28.6 Å². The number of benzene rings is 2. The number of hydrogen-bond acceptors (Lipinski definition) is 3. The first-order valence-corrected chi connectivity index (χ1v) is 14.3. The van der Waals surface area contributed by atoms with Crippen LogP contribution >= 0.6 is 0 Å². The van der Waals surface area contributed by atoms with E-state index in [1.807, 2.05) is 0 Å². The molecule has 2 saturated carbocycles. The maximum atomic E-state index is 5.64. The molecule has 2 heterocycles. The Bertz CT molecular complexity index is 1070. The first-order chi connectivity index (χ1) is 17.5. The molecular weight excluding hydrogens is 440 g/mol. The van der Waals surface area contributed by atoms with Crippen molar-refractivity contribution in [2.45, 2.75) is 46.5 Å². The second-order valence-electron chi connectivity index (χ2n) is 12.8. The molecule has 0 N–H and O–H groups in total. The molecule has 2 aromatic carbocycles. The van der Waals surface area contributed by atoms with E-state index in [0.717, 1.165) is 51.2 Å². The average Bonchev–Trinajstić information content (AvgIpc) is 3.40. The van der Waals surface area contributed by atoms with E-state index in [4.69, 9.17) is 4.74 Å². The third-order valence-corrected chi connectivity index (χ3v) is 10.3. The van der Waals surface area contributed by atoms with Gasteiger partial charge in [0.25, 0.3) is 0 Å². The van der Waals surface area contributed by atoms with Gasteiger partial charge in [0.2, 0.25) is 0 Å². The molecule has 2 aliphatic heterocycles. The van der Waals surface area contributed by atoms with E-state index in [-0.39, 0.29) is 0 Å². The Morgan fingerprint density at radius 2 is 1.53 bits per heavy atom. The van der Waals surface area contributed by atoms with Crippen molar-refractivity contribution < 1.29 is 4.74 Å². The minimum Gasteiger partial charge on any atom is -0.379 e. The van der Waals surface area contributed by atoms with Crippen LogP contribution in [0.1, 0.15) is 57.6 Å². The Kier molecular flexibility index (Phi) is 6.50. The SMILES string of the molecule is CC1(C)C2CC[C@@](C)(C2)[C@@H]1C1CC(c2ccccc2)=C(c2ccccc2)N(CCN2CCOCC2)C1. The zero-order chi connectivity index (χ0) is 24.8. The Hall–Kier alpha value is -2.10. The van der Waals surface area contributed by atoms with E-state index in [0.29, 0.717) is 16.7 Å². The van der Waals surface area contributed by atoms with Crippen molar-refractivity contribution in [3.05, 3.63) is 71.8 Å². The minimum absolute atomic E-state index is 0.430. The maximum absolute atomic E-state index is 5.64. The first kappa shape index (κ1) is 24.2. The van der Waals surface area contributed by atoms with Gasteiger partial charge in [0.05, 0.1) is 13.2 Å². The molecule has 3 nitrogen and oxygen atoms in total. The first-order valence-electron chi connectivity index (χ1n) is 14.3.